The number of para-hydroxylation sites is 1. The number of Topliss-reactive ketones (excluding diaryl/α,β-unsaturated/α-hetero) is 1. The largest absolute Gasteiger partial charge is 0.396 e. The third-order valence-corrected chi connectivity index (χ3v) is 3.50. The van der Waals surface area contributed by atoms with Crippen LogP contribution in [-0.2, 0) is 7.05 Å². The molecule has 18 heavy (non-hydrogen) atoms. The molecular formula is C15H19NO2. The van der Waals surface area contributed by atoms with Crippen LogP contribution >= 0.6 is 0 Å². The summed E-state index contributed by atoms with van der Waals surface area (Å²) in [6.07, 6.45) is 1.86. The van der Waals surface area contributed by atoms with Crippen LogP contribution in [0.25, 0.3) is 10.9 Å². The average Bonchev–Trinajstić information content (AvgIpc) is 2.68. The fourth-order valence-corrected chi connectivity index (χ4v) is 2.33. The highest BCUT2D eigenvalue weighted by Gasteiger charge is 2.25. The Labute approximate surface area is 107 Å². The second-order valence-corrected chi connectivity index (χ2v) is 5.07. The monoisotopic (exact) mass is 245 g/mol. The number of aliphatic hydroxyl groups is 1. The number of benzene rings is 1. The molecule has 1 aromatic carbocycles. The number of hydrogen-bond donors (Lipinski definition) is 1. The summed E-state index contributed by atoms with van der Waals surface area (Å²) in [6.45, 7) is 3.83. The Balaban J connectivity index is 2.51. The first-order valence-corrected chi connectivity index (χ1v) is 6.25. The zero-order chi connectivity index (χ0) is 13.3. The van der Waals surface area contributed by atoms with E-state index < -0.39 is 0 Å². The molecule has 0 aliphatic rings. The highest BCUT2D eigenvalue weighted by Crippen LogP contribution is 2.25. The first kappa shape index (κ1) is 12.8. The van der Waals surface area contributed by atoms with Crippen molar-refractivity contribution in [2.45, 2.75) is 13.8 Å². The van der Waals surface area contributed by atoms with Gasteiger partial charge in [0.25, 0.3) is 0 Å². The zero-order valence-electron chi connectivity index (χ0n) is 11.1. The Morgan fingerprint density at radius 2 is 2.00 bits per heavy atom. The third-order valence-electron chi connectivity index (χ3n) is 3.50. The normalized spacial score (nSPS) is 13.2. The van der Waals surface area contributed by atoms with Gasteiger partial charge < -0.3 is 9.67 Å². The lowest BCUT2D eigenvalue weighted by Gasteiger charge is -2.16. The highest BCUT2D eigenvalue weighted by atomic mass is 16.3. The molecule has 0 aliphatic carbocycles. The van der Waals surface area contributed by atoms with Crippen molar-refractivity contribution < 1.29 is 9.90 Å². The SMILES string of the molecule is CC(C)C(CO)C(=O)c1cn(C)c2ccccc12. The molecular weight excluding hydrogens is 226 g/mol. The van der Waals surface area contributed by atoms with Gasteiger partial charge in [-0.2, -0.15) is 0 Å². The highest BCUT2D eigenvalue weighted by molar-refractivity contribution is 6.09. The molecule has 0 fully saturated rings. The van der Waals surface area contributed by atoms with Crippen molar-refractivity contribution in [3.05, 3.63) is 36.0 Å². The minimum absolute atomic E-state index is 0.0318. The number of nitrogens with zero attached hydrogens (tertiary/aromatic N) is 1. The predicted molar refractivity (Wildman–Crippen MR) is 72.7 cm³/mol. The van der Waals surface area contributed by atoms with E-state index in [0.717, 1.165) is 10.9 Å². The Morgan fingerprint density at radius 3 is 2.61 bits per heavy atom. The first-order valence-electron chi connectivity index (χ1n) is 6.25. The molecule has 0 aliphatic heterocycles. The number of ketones is 1. The minimum atomic E-state index is -0.323. The number of rotatable bonds is 4. The van der Waals surface area contributed by atoms with Gasteiger partial charge >= 0.3 is 0 Å². The maximum atomic E-state index is 12.5. The molecule has 1 heterocycles. The molecule has 2 aromatic rings. The van der Waals surface area contributed by atoms with Gasteiger partial charge in [0.1, 0.15) is 0 Å². The molecule has 96 valence electrons. The summed E-state index contributed by atoms with van der Waals surface area (Å²) in [4.78, 5) is 12.5. The maximum absolute atomic E-state index is 12.5. The minimum Gasteiger partial charge on any atom is -0.396 e. The van der Waals surface area contributed by atoms with Crippen molar-refractivity contribution in [2.24, 2.45) is 18.9 Å². The summed E-state index contributed by atoms with van der Waals surface area (Å²) in [5.74, 6) is -0.151. The van der Waals surface area contributed by atoms with E-state index in [2.05, 4.69) is 0 Å². The second kappa shape index (κ2) is 4.94. The van der Waals surface area contributed by atoms with Crippen molar-refractivity contribution in [3.63, 3.8) is 0 Å². The molecule has 0 amide bonds. The van der Waals surface area contributed by atoms with E-state index in [1.807, 2.05) is 55.9 Å². The van der Waals surface area contributed by atoms with Crippen molar-refractivity contribution in [1.29, 1.82) is 0 Å². The van der Waals surface area contributed by atoms with Gasteiger partial charge in [0.05, 0.1) is 6.61 Å². The van der Waals surface area contributed by atoms with Crippen molar-refractivity contribution in [1.82, 2.24) is 4.57 Å². The van der Waals surface area contributed by atoms with Crippen LogP contribution in [0.2, 0.25) is 0 Å². The molecule has 0 saturated heterocycles. The van der Waals surface area contributed by atoms with Gasteiger partial charge in [-0.1, -0.05) is 32.0 Å². The van der Waals surface area contributed by atoms with Crippen LogP contribution in [0.3, 0.4) is 0 Å². The van der Waals surface area contributed by atoms with E-state index in [9.17, 15) is 9.90 Å². The summed E-state index contributed by atoms with van der Waals surface area (Å²) < 4.78 is 1.96. The van der Waals surface area contributed by atoms with Gasteiger partial charge in [0.15, 0.2) is 5.78 Å². The van der Waals surface area contributed by atoms with Crippen molar-refractivity contribution in [2.75, 3.05) is 6.61 Å². The summed E-state index contributed by atoms with van der Waals surface area (Å²) in [7, 11) is 1.93. The lowest BCUT2D eigenvalue weighted by Crippen LogP contribution is -2.23. The van der Waals surface area contributed by atoms with Gasteiger partial charge in [0, 0.05) is 35.6 Å². The molecule has 1 N–H and O–H groups in total. The van der Waals surface area contributed by atoms with E-state index in [0.29, 0.717) is 5.56 Å². The van der Waals surface area contributed by atoms with Gasteiger partial charge in [0.2, 0.25) is 0 Å². The fourth-order valence-electron chi connectivity index (χ4n) is 2.33. The van der Waals surface area contributed by atoms with Gasteiger partial charge in [-0.25, -0.2) is 0 Å². The van der Waals surface area contributed by atoms with Crippen LogP contribution in [0.4, 0.5) is 0 Å². The number of aliphatic hydroxyl groups excluding tert-OH is 1. The van der Waals surface area contributed by atoms with Crippen LogP contribution in [0.15, 0.2) is 30.5 Å². The topological polar surface area (TPSA) is 42.2 Å². The summed E-state index contributed by atoms with van der Waals surface area (Å²) >= 11 is 0. The van der Waals surface area contributed by atoms with E-state index in [1.165, 1.54) is 0 Å². The number of fused-ring (bicyclic) bond motifs is 1. The average molecular weight is 245 g/mol. The molecule has 0 radical (unpaired) electrons. The van der Waals surface area contributed by atoms with Crippen molar-refractivity contribution >= 4 is 16.7 Å². The molecule has 3 heteroatoms. The molecule has 1 unspecified atom stereocenters. The van der Waals surface area contributed by atoms with Crippen LogP contribution in [0.1, 0.15) is 24.2 Å². The van der Waals surface area contributed by atoms with E-state index >= 15 is 0 Å². The van der Waals surface area contributed by atoms with E-state index in [-0.39, 0.29) is 24.2 Å². The Hall–Kier alpha value is -1.61. The number of aryl methyl sites for hydroxylation is 1. The third kappa shape index (κ3) is 2.06. The molecule has 0 spiro atoms. The summed E-state index contributed by atoms with van der Waals surface area (Å²) in [5.41, 5.74) is 1.75. The van der Waals surface area contributed by atoms with Gasteiger partial charge in [-0.05, 0) is 12.0 Å². The quantitative estimate of drug-likeness (QED) is 0.841. The van der Waals surface area contributed by atoms with Crippen LogP contribution < -0.4 is 0 Å². The standard InChI is InChI=1S/C15H19NO2/c1-10(2)13(9-17)15(18)12-8-16(3)14-7-5-4-6-11(12)14/h4-8,10,13,17H,9H2,1-3H3. The maximum Gasteiger partial charge on any atom is 0.170 e. The number of carbonyl (C=O) groups excluding carboxylic acids is 1. The zero-order valence-corrected chi connectivity index (χ0v) is 11.1. The molecule has 0 bridgehead atoms. The molecule has 3 nitrogen and oxygen atoms in total. The second-order valence-electron chi connectivity index (χ2n) is 5.07. The summed E-state index contributed by atoms with van der Waals surface area (Å²) in [5, 5.41) is 10.3. The Bertz CT molecular complexity index is 569. The predicted octanol–water partition coefficient (Wildman–Crippen LogP) is 2.63. The number of aromatic nitrogens is 1. The molecule has 1 aromatic heterocycles. The Kier molecular flexibility index (Phi) is 3.53. The van der Waals surface area contributed by atoms with E-state index in [4.69, 9.17) is 0 Å². The smallest absolute Gasteiger partial charge is 0.170 e. The van der Waals surface area contributed by atoms with Crippen molar-refractivity contribution in [3.8, 4) is 0 Å². The van der Waals surface area contributed by atoms with E-state index in [1.54, 1.807) is 0 Å². The number of carbonyl (C=O) groups is 1. The fraction of sp³-hybridized carbons (Fsp3) is 0.400. The molecule has 2 rings (SSSR count). The lowest BCUT2D eigenvalue weighted by atomic mass is 9.88. The van der Waals surface area contributed by atoms with Gasteiger partial charge in [-0.3, -0.25) is 4.79 Å². The first-order chi connectivity index (χ1) is 8.56. The lowest BCUT2D eigenvalue weighted by molar-refractivity contribution is 0.0808. The van der Waals surface area contributed by atoms with Crippen LogP contribution in [0.5, 0.6) is 0 Å². The molecule has 0 saturated carbocycles. The van der Waals surface area contributed by atoms with Crippen LogP contribution in [0, 0.1) is 11.8 Å². The molecule has 1 atom stereocenters. The van der Waals surface area contributed by atoms with Crippen LogP contribution in [-0.4, -0.2) is 22.1 Å². The summed E-state index contributed by atoms with van der Waals surface area (Å²) in [6, 6.07) is 7.85. The number of hydrogen-bond acceptors (Lipinski definition) is 2. The van der Waals surface area contributed by atoms with Gasteiger partial charge in [-0.15, -0.1) is 0 Å². The Morgan fingerprint density at radius 1 is 1.33 bits per heavy atom.